The van der Waals surface area contributed by atoms with Gasteiger partial charge in [-0.05, 0) is 25.3 Å². The summed E-state index contributed by atoms with van der Waals surface area (Å²) in [6.45, 7) is 2.69. The van der Waals surface area contributed by atoms with Crippen molar-refractivity contribution >= 4 is 17.8 Å². The zero-order valence-corrected chi connectivity index (χ0v) is 12.8. The molecule has 7 heteroatoms. The Labute approximate surface area is 128 Å². The van der Waals surface area contributed by atoms with Crippen LogP contribution < -0.4 is 0 Å². The molecule has 22 heavy (non-hydrogen) atoms. The fraction of sp³-hybridized carbons (Fsp3) is 0.533. The van der Waals surface area contributed by atoms with Crippen molar-refractivity contribution in [1.82, 2.24) is 14.8 Å². The van der Waals surface area contributed by atoms with Gasteiger partial charge in [-0.25, -0.2) is 0 Å². The third-order valence-corrected chi connectivity index (χ3v) is 4.10. The van der Waals surface area contributed by atoms with Crippen LogP contribution in [0, 0.1) is 12.8 Å². The van der Waals surface area contributed by atoms with Crippen molar-refractivity contribution in [2.45, 2.75) is 19.8 Å². The molecule has 0 saturated carbocycles. The minimum atomic E-state index is -0.803. The van der Waals surface area contributed by atoms with Crippen LogP contribution in [-0.4, -0.2) is 64.4 Å². The van der Waals surface area contributed by atoms with Crippen molar-refractivity contribution in [3.63, 3.8) is 0 Å². The Balaban J connectivity index is 1.88. The number of aromatic nitrogens is 1. The molecule has 2 heterocycles. The van der Waals surface area contributed by atoms with Gasteiger partial charge in [-0.3, -0.25) is 14.4 Å². The van der Waals surface area contributed by atoms with Gasteiger partial charge in [-0.2, -0.15) is 0 Å². The largest absolute Gasteiger partial charge is 0.481 e. The summed E-state index contributed by atoms with van der Waals surface area (Å²) in [5.74, 6) is -1.52. The molecule has 1 aromatic heterocycles. The average Bonchev–Trinajstić information content (AvgIpc) is 2.92. The van der Waals surface area contributed by atoms with E-state index in [0.717, 1.165) is 5.56 Å². The molecule has 2 rings (SSSR count). The predicted octanol–water partition coefficient (Wildman–Crippen LogP) is 0.718. The third-order valence-electron chi connectivity index (χ3n) is 4.10. The summed E-state index contributed by atoms with van der Waals surface area (Å²) in [4.78, 5) is 41.3. The lowest BCUT2D eigenvalue weighted by Crippen LogP contribution is -2.45. The van der Waals surface area contributed by atoms with Gasteiger partial charge in [0, 0.05) is 32.5 Å². The van der Waals surface area contributed by atoms with Crippen molar-refractivity contribution in [3.05, 3.63) is 23.5 Å². The number of hydrogen-bond donors (Lipinski definition) is 2. The summed E-state index contributed by atoms with van der Waals surface area (Å²) in [5.41, 5.74) is 1.39. The maximum absolute atomic E-state index is 12.2. The van der Waals surface area contributed by atoms with Gasteiger partial charge in [0.05, 0.1) is 18.0 Å². The topological polar surface area (TPSA) is 93.7 Å². The molecule has 2 N–H and O–H groups in total. The van der Waals surface area contributed by atoms with Crippen LogP contribution in [-0.2, 0) is 9.59 Å². The number of H-pyrrole nitrogens is 1. The highest BCUT2D eigenvalue weighted by atomic mass is 16.4. The molecule has 1 aliphatic rings. The van der Waals surface area contributed by atoms with Crippen molar-refractivity contribution in [1.29, 1.82) is 0 Å². The van der Waals surface area contributed by atoms with Crippen LogP contribution in [0.2, 0.25) is 0 Å². The number of piperidine rings is 1. The number of carboxylic acids is 1. The van der Waals surface area contributed by atoms with Gasteiger partial charge in [0.15, 0.2) is 0 Å². The molecular weight excluding hydrogens is 286 g/mol. The van der Waals surface area contributed by atoms with E-state index in [-0.39, 0.29) is 24.3 Å². The molecule has 0 bridgehead atoms. The van der Waals surface area contributed by atoms with Gasteiger partial charge >= 0.3 is 5.97 Å². The normalized spacial score (nSPS) is 15.6. The quantitative estimate of drug-likeness (QED) is 0.857. The highest BCUT2D eigenvalue weighted by Gasteiger charge is 2.28. The number of rotatable bonds is 4. The van der Waals surface area contributed by atoms with Crippen molar-refractivity contribution < 1.29 is 19.5 Å². The number of carboxylic acid groups (broad SMARTS) is 1. The second-order valence-corrected chi connectivity index (χ2v) is 5.71. The number of amides is 2. The fourth-order valence-corrected chi connectivity index (χ4v) is 2.63. The first-order valence-corrected chi connectivity index (χ1v) is 7.29. The number of carbonyl (C=O) groups excluding carboxylic acids is 2. The van der Waals surface area contributed by atoms with Crippen LogP contribution in [0.5, 0.6) is 0 Å². The van der Waals surface area contributed by atoms with Crippen molar-refractivity contribution in [2.75, 3.05) is 26.7 Å². The van der Waals surface area contributed by atoms with E-state index in [1.807, 2.05) is 6.92 Å². The molecule has 120 valence electrons. The van der Waals surface area contributed by atoms with E-state index >= 15 is 0 Å². The lowest BCUT2D eigenvalue weighted by atomic mass is 9.97. The summed E-state index contributed by atoms with van der Waals surface area (Å²) in [6.07, 6.45) is 4.29. The predicted molar refractivity (Wildman–Crippen MR) is 79.4 cm³/mol. The molecular formula is C15H21N3O4. The summed E-state index contributed by atoms with van der Waals surface area (Å²) in [5, 5.41) is 8.95. The Bertz CT molecular complexity index is 573. The summed E-state index contributed by atoms with van der Waals surface area (Å²) < 4.78 is 0. The number of nitrogens with zero attached hydrogens (tertiary/aromatic N) is 2. The van der Waals surface area contributed by atoms with Crippen LogP contribution in [0.3, 0.4) is 0 Å². The van der Waals surface area contributed by atoms with E-state index < -0.39 is 5.97 Å². The Hall–Kier alpha value is -2.31. The number of nitrogens with one attached hydrogen (secondary N) is 1. The Morgan fingerprint density at radius 1 is 1.32 bits per heavy atom. The maximum atomic E-state index is 12.2. The van der Waals surface area contributed by atoms with E-state index in [1.54, 1.807) is 24.3 Å². The first kappa shape index (κ1) is 16.1. The van der Waals surface area contributed by atoms with Gasteiger partial charge in [-0.1, -0.05) is 0 Å². The maximum Gasteiger partial charge on any atom is 0.306 e. The van der Waals surface area contributed by atoms with Crippen LogP contribution >= 0.6 is 0 Å². The number of aliphatic carboxylic acids is 1. The highest BCUT2D eigenvalue weighted by Crippen LogP contribution is 2.17. The molecule has 0 radical (unpaired) electrons. The highest BCUT2D eigenvalue weighted by molar-refractivity contribution is 5.97. The number of likely N-dealkylation sites (tertiary alicyclic amines) is 1. The molecule has 1 fully saturated rings. The lowest BCUT2D eigenvalue weighted by molar-refractivity contribution is -0.145. The molecule has 0 aliphatic carbocycles. The monoisotopic (exact) mass is 307 g/mol. The smallest absolute Gasteiger partial charge is 0.306 e. The van der Waals surface area contributed by atoms with Crippen LogP contribution in [0.1, 0.15) is 28.8 Å². The van der Waals surface area contributed by atoms with Gasteiger partial charge in [-0.15, -0.1) is 0 Å². The van der Waals surface area contributed by atoms with Crippen molar-refractivity contribution in [3.8, 4) is 0 Å². The first-order valence-electron chi connectivity index (χ1n) is 7.29. The summed E-state index contributed by atoms with van der Waals surface area (Å²) >= 11 is 0. The lowest BCUT2D eigenvalue weighted by Gasteiger charge is -2.31. The van der Waals surface area contributed by atoms with E-state index in [1.165, 1.54) is 4.90 Å². The van der Waals surface area contributed by atoms with Gasteiger partial charge in [0.2, 0.25) is 5.91 Å². The van der Waals surface area contributed by atoms with Crippen LogP contribution in [0.4, 0.5) is 0 Å². The van der Waals surface area contributed by atoms with E-state index in [4.69, 9.17) is 5.11 Å². The number of carbonyl (C=O) groups is 3. The number of aryl methyl sites for hydroxylation is 1. The molecule has 0 spiro atoms. The zero-order valence-electron chi connectivity index (χ0n) is 12.8. The minimum Gasteiger partial charge on any atom is -0.481 e. The SMILES string of the molecule is Cc1c[nH]cc1C(=O)N(C)CC(=O)N1CCC(C(=O)O)CC1. The summed E-state index contributed by atoms with van der Waals surface area (Å²) in [7, 11) is 1.59. The van der Waals surface area contributed by atoms with Crippen LogP contribution in [0.15, 0.2) is 12.4 Å². The van der Waals surface area contributed by atoms with Crippen molar-refractivity contribution in [2.24, 2.45) is 5.92 Å². The van der Waals surface area contributed by atoms with Crippen LogP contribution in [0.25, 0.3) is 0 Å². The average molecular weight is 307 g/mol. The summed E-state index contributed by atoms with van der Waals surface area (Å²) in [6, 6.07) is 0. The molecule has 1 aromatic rings. The number of aromatic amines is 1. The molecule has 0 aromatic carbocycles. The van der Waals surface area contributed by atoms with E-state index in [2.05, 4.69) is 4.98 Å². The molecule has 1 saturated heterocycles. The number of likely N-dealkylation sites (N-methyl/N-ethyl adjacent to an activating group) is 1. The van der Waals surface area contributed by atoms with E-state index in [9.17, 15) is 14.4 Å². The first-order chi connectivity index (χ1) is 10.4. The molecule has 0 unspecified atom stereocenters. The van der Waals surface area contributed by atoms with Gasteiger partial charge < -0.3 is 19.9 Å². The zero-order chi connectivity index (χ0) is 16.3. The molecule has 1 aliphatic heterocycles. The molecule has 0 atom stereocenters. The Kier molecular flexibility index (Phi) is 4.85. The third kappa shape index (κ3) is 3.47. The Morgan fingerprint density at radius 3 is 2.45 bits per heavy atom. The second kappa shape index (κ2) is 6.64. The Morgan fingerprint density at radius 2 is 1.95 bits per heavy atom. The fourth-order valence-electron chi connectivity index (χ4n) is 2.63. The second-order valence-electron chi connectivity index (χ2n) is 5.71. The number of hydrogen-bond acceptors (Lipinski definition) is 3. The standard InChI is InChI=1S/C15H21N3O4/c1-10-7-16-8-12(10)14(20)17(2)9-13(19)18-5-3-11(4-6-18)15(21)22/h7-8,11,16H,3-6,9H2,1-2H3,(H,21,22). The van der Waals surface area contributed by atoms with Gasteiger partial charge in [0.1, 0.15) is 0 Å². The van der Waals surface area contributed by atoms with E-state index in [0.29, 0.717) is 31.5 Å². The van der Waals surface area contributed by atoms with Gasteiger partial charge in [0.25, 0.3) is 5.91 Å². The minimum absolute atomic E-state index is 0.00118. The molecule has 7 nitrogen and oxygen atoms in total. The molecule has 2 amide bonds.